The molecular weight excluding hydrogens is 288 g/mol. The predicted molar refractivity (Wildman–Crippen MR) is 80.5 cm³/mol. The van der Waals surface area contributed by atoms with Crippen molar-refractivity contribution in [2.75, 3.05) is 6.54 Å². The van der Waals surface area contributed by atoms with Crippen LogP contribution in [0.3, 0.4) is 0 Å². The molecule has 0 unspecified atom stereocenters. The second kappa shape index (κ2) is 6.99. The number of carbonyl (C=O) groups excluding carboxylic acids is 1. The molecule has 5 nitrogen and oxygen atoms in total. The van der Waals surface area contributed by atoms with E-state index in [4.69, 9.17) is 0 Å². The topological polar surface area (TPSA) is 79.3 Å². The molecule has 1 aromatic heterocycles. The van der Waals surface area contributed by atoms with Crippen LogP contribution in [0.4, 0.5) is 0 Å². The lowest BCUT2D eigenvalue weighted by Crippen LogP contribution is -2.34. The van der Waals surface area contributed by atoms with E-state index in [2.05, 4.69) is 10.3 Å². The molecule has 0 aliphatic rings. The molecule has 1 heterocycles. The van der Waals surface area contributed by atoms with Crippen molar-refractivity contribution in [3.05, 3.63) is 52.0 Å². The van der Waals surface area contributed by atoms with Crippen LogP contribution in [0.2, 0.25) is 0 Å². The third-order valence-electron chi connectivity index (χ3n) is 3.25. The zero-order valence-electron chi connectivity index (χ0n) is 11.6. The number of aromatic nitrogens is 1. The second-order valence-electron chi connectivity index (χ2n) is 4.75. The highest BCUT2D eigenvalue weighted by Gasteiger charge is 2.20. The second-order valence-corrected chi connectivity index (χ2v) is 5.47. The number of carboxylic acids is 1. The van der Waals surface area contributed by atoms with Crippen LogP contribution in [0, 0.1) is 12.8 Å². The van der Waals surface area contributed by atoms with E-state index in [1.807, 2.05) is 31.2 Å². The zero-order valence-corrected chi connectivity index (χ0v) is 12.4. The first kappa shape index (κ1) is 15.2. The summed E-state index contributed by atoms with van der Waals surface area (Å²) in [5.41, 5.74) is 3.92. The molecule has 1 amide bonds. The van der Waals surface area contributed by atoms with Gasteiger partial charge in [0.2, 0.25) is 0 Å². The van der Waals surface area contributed by atoms with Gasteiger partial charge >= 0.3 is 5.97 Å². The number of amides is 1. The Labute approximate surface area is 126 Å². The Morgan fingerprint density at radius 2 is 2.14 bits per heavy atom. The van der Waals surface area contributed by atoms with Gasteiger partial charge in [0.1, 0.15) is 5.69 Å². The summed E-state index contributed by atoms with van der Waals surface area (Å²) < 4.78 is 0. The molecule has 6 heteroatoms. The van der Waals surface area contributed by atoms with Gasteiger partial charge in [0.15, 0.2) is 0 Å². The third kappa shape index (κ3) is 4.13. The van der Waals surface area contributed by atoms with Gasteiger partial charge in [-0.2, -0.15) is 0 Å². The number of aliphatic carboxylic acids is 1. The summed E-state index contributed by atoms with van der Waals surface area (Å²) in [4.78, 5) is 27.0. The highest BCUT2D eigenvalue weighted by atomic mass is 32.1. The molecule has 0 saturated heterocycles. The lowest BCUT2D eigenvalue weighted by molar-refractivity contribution is -0.141. The first-order valence-electron chi connectivity index (χ1n) is 6.51. The Hall–Kier alpha value is -2.21. The fraction of sp³-hybridized carbons (Fsp3) is 0.267. The fourth-order valence-electron chi connectivity index (χ4n) is 1.98. The number of benzene rings is 1. The average molecular weight is 304 g/mol. The maximum Gasteiger partial charge on any atom is 0.308 e. The Balaban J connectivity index is 1.98. The number of rotatable bonds is 6. The van der Waals surface area contributed by atoms with Crippen molar-refractivity contribution >= 4 is 23.2 Å². The monoisotopic (exact) mass is 304 g/mol. The van der Waals surface area contributed by atoms with E-state index in [1.54, 1.807) is 10.9 Å². The van der Waals surface area contributed by atoms with Gasteiger partial charge in [-0.15, -0.1) is 11.3 Å². The molecule has 2 N–H and O–H groups in total. The highest BCUT2D eigenvalue weighted by Crippen LogP contribution is 2.13. The van der Waals surface area contributed by atoms with E-state index in [-0.39, 0.29) is 12.5 Å². The molecule has 1 aromatic carbocycles. The van der Waals surface area contributed by atoms with E-state index >= 15 is 0 Å². The molecule has 0 aliphatic heterocycles. The predicted octanol–water partition coefficient (Wildman–Crippen LogP) is 2.12. The van der Waals surface area contributed by atoms with Crippen LogP contribution in [0.15, 0.2) is 35.2 Å². The maximum atomic E-state index is 11.8. The highest BCUT2D eigenvalue weighted by molar-refractivity contribution is 7.07. The van der Waals surface area contributed by atoms with Gasteiger partial charge in [-0.05, 0) is 24.5 Å². The first-order chi connectivity index (χ1) is 10.1. The molecule has 0 bridgehead atoms. The standard InChI is InChI=1S/C15H16N2O3S/c1-10-4-2-3-5-11(10)6-12(15(19)20)7-16-14(18)13-8-21-9-17-13/h2-5,8-9,12H,6-7H2,1H3,(H,16,18)(H,19,20)/t12-/m0/s1. The van der Waals surface area contributed by atoms with Crippen LogP contribution in [0.5, 0.6) is 0 Å². The molecule has 2 aromatic rings. The molecule has 2 rings (SSSR count). The van der Waals surface area contributed by atoms with Crippen molar-refractivity contribution in [2.45, 2.75) is 13.3 Å². The first-order valence-corrected chi connectivity index (χ1v) is 7.46. The van der Waals surface area contributed by atoms with Crippen molar-refractivity contribution in [3.8, 4) is 0 Å². The summed E-state index contributed by atoms with van der Waals surface area (Å²) in [5, 5.41) is 13.6. The minimum absolute atomic E-state index is 0.0834. The summed E-state index contributed by atoms with van der Waals surface area (Å²) in [6.45, 7) is 2.03. The number of carboxylic acid groups (broad SMARTS) is 1. The Kier molecular flexibility index (Phi) is 5.05. The number of hydrogen-bond acceptors (Lipinski definition) is 4. The summed E-state index contributed by atoms with van der Waals surface area (Å²) >= 11 is 1.32. The normalized spacial score (nSPS) is 11.9. The van der Waals surface area contributed by atoms with Crippen molar-refractivity contribution in [3.63, 3.8) is 0 Å². The van der Waals surface area contributed by atoms with Crippen LogP contribution in [-0.2, 0) is 11.2 Å². The van der Waals surface area contributed by atoms with Gasteiger partial charge in [0, 0.05) is 11.9 Å². The van der Waals surface area contributed by atoms with Gasteiger partial charge in [-0.25, -0.2) is 4.98 Å². The van der Waals surface area contributed by atoms with Gasteiger partial charge in [0.25, 0.3) is 5.91 Å². The number of carbonyl (C=O) groups is 2. The molecule has 21 heavy (non-hydrogen) atoms. The van der Waals surface area contributed by atoms with Crippen molar-refractivity contribution in [1.82, 2.24) is 10.3 Å². The van der Waals surface area contributed by atoms with Crippen LogP contribution >= 0.6 is 11.3 Å². The molecule has 110 valence electrons. The van der Waals surface area contributed by atoms with Crippen LogP contribution in [0.1, 0.15) is 21.6 Å². The van der Waals surface area contributed by atoms with E-state index in [0.717, 1.165) is 11.1 Å². The summed E-state index contributed by atoms with van der Waals surface area (Å²) in [6, 6.07) is 7.66. The number of nitrogens with one attached hydrogen (secondary N) is 1. The molecule has 0 spiro atoms. The van der Waals surface area contributed by atoms with E-state index in [1.165, 1.54) is 11.3 Å². The SMILES string of the molecule is Cc1ccccc1C[C@@H](CNC(=O)c1cscn1)C(=O)O. The van der Waals surface area contributed by atoms with Gasteiger partial charge in [0.05, 0.1) is 11.4 Å². The van der Waals surface area contributed by atoms with Gasteiger partial charge in [-0.1, -0.05) is 24.3 Å². The lowest BCUT2D eigenvalue weighted by atomic mass is 9.96. The third-order valence-corrected chi connectivity index (χ3v) is 3.84. The Morgan fingerprint density at radius 3 is 2.76 bits per heavy atom. The van der Waals surface area contributed by atoms with E-state index in [9.17, 15) is 14.7 Å². The Morgan fingerprint density at radius 1 is 1.38 bits per heavy atom. The molecule has 1 atom stereocenters. The quantitative estimate of drug-likeness (QED) is 0.857. The number of aryl methyl sites for hydroxylation is 1. The smallest absolute Gasteiger partial charge is 0.308 e. The van der Waals surface area contributed by atoms with Crippen LogP contribution < -0.4 is 5.32 Å². The van der Waals surface area contributed by atoms with Crippen molar-refractivity contribution < 1.29 is 14.7 Å². The summed E-state index contributed by atoms with van der Waals surface area (Å²) in [5.74, 6) is -1.92. The zero-order chi connectivity index (χ0) is 15.2. The Bertz CT molecular complexity index is 626. The summed E-state index contributed by atoms with van der Waals surface area (Å²) in [6.07, 6.45) is 0.388. The fourth-order valence-corrected chi connectivity index (χ4v) is 2.51. The van der Waals surface area contributed by atoms with Gasteiger partial charge in [-0.3, -0.25) is 9.59 Å². The van der Waals surface area contributed by atoms with E-state index in [0.29, 0.717) is 12.1 Å². The lowest BCUT2D eigenvalue weighted by Gasteiger charge is -2.14. The minimum atomic E-state index is -0.920. The number of thiazole rings is 1. The maximum absolute atomic E-state index is 11.8. The number of hydrogen-bond donors (Lipinski definition) is 2. The molecular formula is C15H16N2O3S. The molecule has 0 aliphatic carbocycles. The molecule has 0 saturated carbocycles. The molecule has 0 fully saturated rings. The van der Waals surface area contributed by atoms with E-state index < -0.39 is 11.9 Å². The van der Waals surface area contributed by atoms with Gasteiger partial charge < -0.3 is 10.4 Å². The van der Waals surface area contributed by atoms with Crippen molar-refractivity contribution in [1.29, 1.82) is 0 Å². The molecule has 0 radical (unpaired) electrons. The average Bonchev–Trinajstić information content (AvgIpc) is 2.99. The van der Waals surface area contributed by atoms with Crippen molar-refractivity contribution in [2.24, 2.45) is 5.92 Å². The minimum Gasteiger partial charge on any atom is -0.481 e. The number of nitrogens with zero attached hydrogens (tertiary/aromatic N) is 1. The van der Waals surface area contributed by atoms with Crippen LogP contribution in [-0.4, -0.2) is 28.5 Å². The van der Waals surface area contributed by atoms with Crippen LogP contribution in [0.25, 0.3) is 0 Å². The summed E-state index contributed by atoms with van der Waals surface area (Å²) in [7, 11) is 0. The largest absolute Gasteiger partial charge is 0.481 e.